The van der Waals surface area contributed by atoms with Crippen molar-refractivity contribution < 1.29 is 4.79 Å². The highest BCUT2D eigenvalue weighted by Crippen LogP contribution is 2.27. The van der Waals surface area contributed by atoms with Crippen LogP contribution in [0.3, 0.4) is 0 Å². The van der Waals surface area contributed by atoms with Crippen molar-refractivity contribution in [1.29, 1.82) is 0 Å². The van der Waals surface area contributed by atoms with Crippen LogP contribution in [0.5, 0.6) is 0 Å². The number of thioether (sulfide) groups is 1. The molecule has 0 unspecified atom stereocenters. The molecule has 0 aliphatic carbocycles. The van der Waals surface area contributed by atoms with E-state index in [-0.39, 0.29) is 5.91 Å². The topological polar surface area (TPSA) is 42.0 Å². The van der Waals surface area contributed by atoms with Gasteiger partial charge < -0.3 is 5.32 Å². The first-order chi connectivity index (χ1) is 12.5. The van der Waals surface area contributed by atoms with Crippen LogP contribution in [0, 0.1) is 20.8 Å². The fourth-order valence-corrected chi connectivity index (χ4v) is 4.31. The summed E-state index contributed by atoms with van der Waals surface area (Å²) in [4.78, 5) is 16.9. The highest BCUT2D eigenvalue weighted by atomic mass is 32.2. The molecule has 0 aliphatic heterocycles. The van der Waals surface area contributed by atoms with Crippen LogP contribution in [-0.4, -0.2) is 10.9 Å². The van der Waals surface area contributed by atoms with Gasteiger partial charge in [-0.15, -0.1) is 11.3 Å². The normalized spacial score (nSPS) is 10.7. The van der Waals surface area contributed by atoms with Crippen LogP contribution in [0.4, 0.5) is 5.69 Å². The second kappa shape index (κ2) is 8.52. The van der Waals surface area contributed by atoms with Crippen molar-refractivity contribution in [2.45, 2.75) is 37.3 Å². The van der Waals surface area contributed by atoms with E-state index in [1.807, 2.05) is 37.4 Å². The summed E-state index contributed by atoms with van der Waals surface area (Å²) in [5, 5.41) is 4.96. The Morgan fingerprint density at radius 3 is 2.65 bits per heavy atom. The van der Waals surface area contributed by atoms with E-state index in [1.54, 1.807) is 23.1 Å². The maximum Gasteiger partial charge on any atom is 0.230 e. The van der Waals surface area contributed by atoms with E-state index >= 15 is 0 Å². The first-order valence-corrected chi connectivity index (χ1v) is 10.4. The smallest absolute Gasteiger partial charge is 0.230 e. The van der Waals surface area contributed by atoms with Crippen LogP contribution in [0.2, 0.25) is 0 Å². The van der Waals surface area contributed by atoms with Crippen molar-refractivity contribution in [2.24, 2.45) is 0 Å². The van der Waals surface area contributed by atoms with Crippen LogP contribution < -0.4 is 5.32 Å². The van der Waals surface area contributed by atoms with E-state index in [0.717, 1.165) is 27.0 Å². The van der Waals surface area contributed by atoms with Gasteiger partial charge in [-0.2, -0.15) is 0 Å². The number of anilines is 1. The minimum absolute atomic E-state index is 0.0286. The van der Waals surface area contributed by atoms with Gasteiger partial charge in [0, 0.05) is 16.8 Å². The van der Waals surface area contributed by atoms with Gasteiger partial charge in [0.05, 0.1) is 12.1 Å². The van der Waals surface area contributed by atoms with Gasteiger partial charge in [-0.25, -0.2) is 4.98 Å². The molecule has 26 heavy (non-hydrogen) atoms. The molecule has 1 aromatic heterocycles. The average molecular weight is 383 g/mol. The van der Waals surface area contributed by atoms with Gasteiger partial charge in [0.15, 0.2) is 0 Å². The minimum Gasteiger partial charge on any atom is -0.325 e. The molecule has 3 rings (SSSR count). The third-order valence-electron chi connectivity index (χ3n) is 4.23. The molecule has 0 spiro atoms. The predicted molar refractivity (Wildman–Crippen MR) is 111 cm³/mol. The van der Waals surface area contributed by atoms with Crippen molar-refractivity contribution >= 4 is 34.7 Å². The standard InChI is InChI=1S/C21H22N2OS2/c1-14-7-9-17(10-8-14)12-25-21-22-18(13-26-21)11-20(24)23-19-6-4-5-15(2)16(19)3/h4-10,13H,11-12H2,1-3H3,(H,23,24). The van der Waals surface area contributed by atoms with E-state index in [1.165, 1.54) is 16.7 Å². The Kier molecular flexibility index (Phi) is 6.12. The molecule has 5 heteroatoms. The number of thiazole rings is 1. The molecular formula is C21H22N2OS2. The number of rotatable bonds is 6. The number of nitrogens with one attached hydrogen (secondary N) is 1. The number of nitrogens with zero attached hydrogens (tertiary/aromatic N) is 1. The Bertz CT molecular complexity index is 901. The second-order valence-corrected chi connectivity index (χ2v) is 8.43. The van der Waals surface area contributed by atoms with E-state index in [9.17, 15) is 4.79 Å². The van der Waals surface area contributed by atoms with E-state index in [2.05, 4.69) is 41.5 Å². The summed E-state index contributed by atoms with van der Waals surface area (Å²) in [5.41, 5.74) is 6.53. The van der Waals surface area contributed by atoms with Gasteiger partial charge >= 0.3 is 0 Å². The van der Waals surface area contributed by atoms with Crippen LogP contribution >= 0.6 is 23.1 Å². The number of amides is 1. The number of carbonyl (C=O) groups excluding carboxylic acids is 1. The Morgan fingerprint density at radius 2 is 1.88 bits per heavy atom. The van der Waals surface area contributed by atoms with Crippen LogP contribution in [0.15, 0.2) is 52.2 Å². The number of benzene rings is 2. The number of aromatic nitrogens is 1. The van der Waals surface area contributed by atoms with Gasteiger partial charge in [0.2, 0.25) is 5.91 Å². The first kappa shape index (κ1) is 18.7. The molecule has 3 aromatic rings. The fourth-order valence-electron chi connectivity index (χ4n) is 2.51. The Morgan fingerprint density at radius 1 is 1.12 bits per heavy atom. The Labute approximate surface area is 162 Å². The summed E-state index contributed by atoms with van der Waals surface area (Å²) in [5.74, 6) is 0.862. The zero-order valence-electron chi connectivity index (χ0n) is 15.2. The third kappa shape index (κ3) is 4.96. The molecule has 2 aromatic carbocycles. The summed E-state index contributed by atoms with van der Waals surface area (Å²) in [6.07, 6.45) is 0.301. The molecule has 0 saturated heterocycles. The van der Waals surface area contributed by atoms with E-state index < -0.39 is 0 Å². The summed E-state index contributed by atoms with van der Waals surface area (Å²) >= 11 is 3.31. The zero-order chi connectivity index (χ0) is 18.5. The van der Waals surface area contributed by atoms with Gasteiger partial charge in [0.25, 0.3) is 0 Å². The highest BCUT2D eigenvalue weighted by molar-refractivity contribution is 8.00. The van der Waals surface area contributed by atoms with Crippen LogP contribution in [0.1, 0.15) is 27.9 Å². The van der Waals surface area contributed by atoms with Crippen molar-refractivity contribution in [1.82, 2.24) is 4.98 Å². The van der Waals surface area contributed by atoms with E-state index in [4.69, 9.17) is 0 Å². The Hall–Kier alpha value is -2.11. The largest absolute Gasteiger partial charge is 0.325 e. The lowest BCUT2D eigenvalue weighted by Gasteiger charge is -2.09. The summed E-state index contributed by atoms with van der Waals surface area (Å²) in [6, 6.07) is 14.5. The number of hydrogen-bond acceptors (Lipinski definition) is 4. The van der Waals surface area contributed by atoms with Gasteiger partial charge in [-0.3, -0.25) is 4.79 Å². The number of hydrogen-bond donors (Lipinski definition) is 1. The monoisotopic (exact) mass is 382 g/mol. The molecule has 1 N–H and O–H groups in total. The lowest BCUT2D eigenvalue weighted by Crippen LogP contribution is -2.15. The summed E-state index contributed by atoms with van der Waals surface area (Å²) < 4.78 is 1.00. The van der Waals surface area contributed by atoms with Crippen molar-refractivity contribution in [3.05, 3.63) is 75.8 Å². The molecule has 0 saturated carbocycles. The lowest BCUT2D eigenvalue weighted by atomic mass is 10.1. The van der Waals surface area contributed by atoms with Gasteiger partial charge in [-0.05, 0) is 43.5 Å². The second-order valence-electron chi connectivity index (χ2n) is 6.35. The molecule has 1 amide bonds. The van der Waals surface area contributed by atoms with Crippen molar-refractivity contribution in [3.8, 4) is 0 Å². The van der Waals surface area contributed by atoms with E-state index in [0.29, 0.717) is 6.42 Å². The molecule has 3 nitrogen and oxygen atoms in total. The highest BCUT2D eigenvalue weighted by Gasteiger charge is 2.10. The fraction of sp³-hybridized carbons (Fsp3) is 0.238. The number of carbonyl (C=O) groups is 1. The maximum absolute atomic E-state index is 12.3. The molecule has 134 valence electrons. The van der Waals surface area contributed by atoms with Crippen LogP contribution in [-0.2, 0) is 17.0 Å². The van der Waals surface area contributed by atoms with Crippen molar-refractivity contribution in [2.75, 3.05) is 5.32 Å². The summed E-state index contributed by atoms with van der Waals surface area (Å²) in [7, 11) is 0. The molecule has 1 heterocycles. The molecule has 0 atom stereocenters. The summed E-state index contributed by atoms with van der Waals surface area (Å²) in [6.45, 7) is 6.16. The van der Waals surface area contributed by atoms with Crippen LogP contribution in [0.25, 0.3) is 0 Å². The Balaban J connectivity index is 1.55. The van der Waals surface area contributed by atoms with Gasteiger partial charge in [0.1, 0.15) is 4.34 Å². The third-order valence-corrected chi connectivity index (χ3v) is 6.37. The van der Waals surface area contributed by atoms with Gasteiger partial charge in [-0.1, -0.05) is 53.7 Å². The SMILES string of the molecule is Cc1ccc(CSc2nc(CC(=O)Nc3cccc(C)c3C)cs2)cc1. The number of aryl methyl sites for hydroxylation is 2. The first-order valence-electron chi connectivity index (χ1n) is 8.50. The molecule has 0 aliphatic rings. The zero-order valence-corrected chi connectivity index (χ0v) is 16.8. The predicted octanol–water partition coefficient (Wildman–Crippen LogP) is 5.54. The minimum atomic E-state index is -0.0286. The molecular weight excluding hydrogens is 360 g/mol. The molecule has 0 radical (unpaired) electrons. The molecule has 0 bridgehead atoms. The average Bonchev–Trinajstić information content (AvgIpc) is 3.06. The van der Waals surface area contributed by atoms with Crippen molar-refractivity contribution in [3.63, 3.8) is 0 Å². The maximum atomic E-state index is 12.3. The lowest BCUT2D eigenvalue weighted by molar-refractivity contribution is -0.115. The quantitative estimate of drug-likeness (QED) is 0.569. The molecule has 0 fully saturated rings.